The molecule has 3 rings (SSSR count). The number of rotatable bonds is 6. The van der Waals surface area contributed by atoms with Crippen molar-refractivity contribution in [2.75, 3.05) is 18.5 Å². The molecule has 4 nitrogen and oxygen atoms in total. The normalized spacial score (nSPS) is 16.9. The van der Waals surface area contributed by atoms with Crippen LogP contribution in [0, 0.1) is 5.82 Å². The highest BCUT2D eigenvalue weighted by Crippen LogP contribution is 2.18. The Morgan fingerprint density at radius 3 is 2.64 bits per heavy atom. The first-order chi connectivity index (χ1) is 12.2. The molecule has 1 N–H and O–H groups in total. The van der Waals surface area contributed by atoms with E-state index < -0.39 is 0 Å². The lowest BCUT2D eigenvalue weighted by Crippen LogP contribution is -2.16. The van der Waals surface area contributed by atoms with Crippen molar-refractivity contribution in [3.8, 4) is 5.75 Å². The zero-order valence-corrected chi connectivity index (χ0v) is 13.8. The fourth-order valence-electron chi connectivity index (χ4n) is 2.53. The maximum absolute atomic E-state index is 12.8. The van der Waals surface area contributed by atoms with Gasteiger partial charge in [-0.2, -0.15) is 0 Å². The number of carbonyl (C=O) groups is 1. The van der Waals surface area contributed by atoms with Crippen molar-refractivity contribution in [2.45, 2.75) is 18.9 Å². The van der Waals surface area contributed by atoms with Gasteiger partial charge >= 0.3 is 0 Å². The SMILES string of the molecule is O=C(/C=C/c1ccc(F)cc1)Nc1ccc(OC[C@H]2CCCO2)cc1. The van der Waals surface area contributed by atoms with Crippen molar-refractivity contribution in [3.63, 3.8) is 0 Å². The van der Waals surface area contributed by atoms with Crippen LogP contribution >= 0.6 is 0 Å². The number of amides is 1. The molecule has 0 aromatic heterocycles. The first-order valence-electron chi connectivity index (χ1n) is 8.28. The predicted molar refractivity (Wildman–Crippen MR) is 95.0 cm³/mol. The fraction of sp³-hybridized carbons (Fsp3) is 0.250. The van der Waals surface area contributed by atoms with Gasteiger partial charge in [0, 0.05) is 18.4 Å². The second kappa shape index (κ2) is 8.44. The van der Waals surface area contributed by atoms with Gasteiger partial charge in [0.25, 0.3) is 0 Å². The minimum atomic E-state index is -0.302. The van der Waals surface area contributed by atoms with Crippen LogP contribution in [0.5, 0.6) is 5.75 Å². The molecule has 1 aliphatic rings. The third-order valence-corrected chi connectivity index (χ3v) is 3.88. The summed E-state index contributed by atoms with van der Waals surface area (Å²) in [7, 11) is 0. The van der Waals surface area contributed by atoms with Gasteiger partial charge in [-0.05, 0) is 60.9 Å². The average molecular weight is 341 g/mol. The summed E-state index contributed by atoms with van der Waals surface area (Å²) in [6.45, 7) is 1.36. The van der Waals surface area contributed by atoms with E-state index in [1.54, 1.807) is 30.3 Å². The maximum atomic E-state index is 12.8. The first-order valence-corrected chi connectivity index (χ1v) is 8.28. The molecule has 5 heteroatoms. The van der Waals surface area contributed by atoms with E-state index in [0.29, 0.717) is 12.3 Å². The molecule has 1 atom stereocenters. The number of nitrogens with one attached hydrogen (secondary N) is 1. The van der Waals surface area contributed by atoms with E-state index in [9.17, 15) is 9.18 Å². The molecule has 0 saturated carbocycles. The second-order valence-corrected chi connectivity index (χ2v) is 5.84. The molecule has 2 aromatic rings. The van der Waals surface area contributed by atoms with Crippen LogP contribution in [-0.2, 0) is 9.53 Å². The third-order valence-electron chi connectivity index (χ3n) is 3.88. The van der Waals surface area contributed by atoms with Crippen LogP contribution < -0.4 is 10.1 Å². The van der Waals surface area contributed by atoms with Gasteiger partial charge in [0.15, 0.2) is 0 Å². The minimum Gasteiger partial charge on any atom is -0.491 e. The maximum Gasteiger partial charge on any atom is 0.248 e. The number of benzene rings is 2. The summed E-state index contributed by atoms with van der Waals surface area (Å²) in [6, 6.07) is 13.1. The monoisotopic (exact) mass is 341 g/mol. The Morgan fingerprint density at radius 1 is 1.20 bits per heavy atom. The summed E-state index contributed by atoms with van der Waals surface area (Å²) in [5, 5.41) is 2.77. The van der Waals surface area contributed by atoms with E-state index in [1.807, 2.05) is 12.1 Å². The number of hydrogen-bond donors (Lipinski definition) is 1. The first kappa shape index (κ1) is 17.2. The van der Waals surface area contributed by atoms with E-state index in [-0.39, 0.29) is 17.8 Å². The van der Waals surface area contributed by atoms with E-state index in [4.69, 9.17) is 9.47 Å². The predicted octanol–water partition coefficient (Wildman–Crippen LogP) is 4.04. The zero-order valence-electron chi connectivity index (χ0n) is 13.8. The summed E-state index contributed by atoms with van der Waals surface area (Å²) in [5.74, 6) is 0.191. The topological polar surface area (TPSA) is 47.6 Å². The van der Waals surface area contributed by atoms with Gasteiger partial charge in [-0.15, -0.1) is 0 Å². The highest BCUT2D eigenvalue weighted by atomic mass is 19.1. The van der Waals surface area contributed by atoms with E-state index in [0.717, 1.165) is 30.8 Å². The Bertz CT molecular complexity index is 720. The third kappa shape index (κ3) is 5.43. The Balaban J connectivity index is 1.48. The van der Waals surface area contributed by atoms with Crippen molar-refractivity contribution in [1.29, 1.82) is 0 Å². The summed E-state index contributed by atoms with van der Waals surface area (Å²) in [6.07, 6.45) is 5.35. The van der Waals surface area contributed by atoms with Gasteiger partial charge < -0.3 is 14.8 Å². The van der Waals surface area contributed by atoms with Crippen molar-refractivity contribution < 1.29 is 18.7 Å². The van der Waals surface area contributed by atoms with Crippen LogP contribution in [-0.4, -0.2) is 25.2 Å². The van der Waals surface area contributed by atoms with Crippen molar-refractivity contribution >= 4 is 17.7 Å². The molecule has 0 bridgehead atoms. The summed E-state index contributed by atoms with van der Waals surface area (Å²) in [4.78, 5) is 11.9. The summed E-state index contributed by atoms with van der Waals surface area (Å²) in [5.41, 5.74) is 1.44. The lowest BCUT2D eigenvalue weighted by Gasteiger charge is -2.11. The molecule has 0 spiro atoms. The van der Waals surface area contributed by atoms with Crippen LogP contribution in [0.25, 0.3) is 6.08 Å². The molecular formula is C20H20FNO3. The van der Waals surface area contributed by atoms with Crippen LogP contribution in [0.15, 0.2) is 54.6 Å². The van der Waals surface area contributed by atoms with E-state index in [1.165, 1.54) is 18.2 Å². The molecule has 1 heterocycles. The summed E-state index contributed by atoms with van der Waals surface area (Å²) < 4.78 is 24.0. The van der Waals surface area contributed by atoms with Gasteiger partial charge in [0.2, 0.25) is 5.91 Å². The molecule has 1 aliphatic heterocycles. The van der Waals surface area contributed by atoms with Crippen LogP contribution in [0.1, 0.15) is 18.4 Å². The van der Waals surface area contributed by atoms with E-state index in [2.05, 4.69) is 5.32 Å². The van der Waals surface area contributed by atoms with Gasteiger partial charge in [-0.25, -0.2) is 4.39 Å². The molecule has 1 amide bonds. The standard InChI is InChI=1S/C20H20FNO3/c21-16-6-3-15(4-7-16)5-12-20(23)22-17-8-10-18(11-9-17)25-14-19-2-1-13-24-19/h3-12,19H,1-2,13-14H2,(H,22,23)/b12-5+/t19-/m1/s1. The highest BCUT2D eigenvalue weighted by molar-refractivity contribution is 6.01. The number of anilines is 1. The molecule has 0 unspecified atom stereocenters. The van der Waals surface area contributed by atoms with Gasteiger partial charge in [0.05, 0.1) is 6.10 Å². The minimum absolute atomic E-state index is 0.177. The molecule has 25 heavy (non-hydrogen) atoms. The molecule has 1 saturated heterocycles. The van der Waals surface area contributed by atoms with Gasteiger partial charge in [-0.1, -0.05) is 12.1 Å². The molecule has 0 radical (unpaired) electrons. The number of halogens is 1. The fourth-order valence-corrected chi connectivity index (χ4v) is 2.53. The van der Waals surface area contributed by atoms with Crippen LogP contribution in [0.3, 0.4) is 0 Å². The lowest BCUT2D eigenvalue weighted by molar-refractivity contribution is -0.111. The summed E-state index contributed by atoms with van der Waals surface area (Å²) >= 11 is 0. The number of ether oxygens (including phenoxy) is 2. The van der Waals surface area contributed by atoms with Crippen molar-refractivity contribution in [1.82, 2.24) is 0 Å². The lowest BCUT2D eigenvalue weighted by atomic mass is 10.2. The van der Waals surface area contributed by atoms with Gasteiger partial charge in [0.1, 0.15) is 18.2 Å². The Kier molecular flexibility index (Phi) is 5.80. The van der Waals surface area contributed by atoms with Crippen LogP contribution in [0.2, 0.25) is 0 Å². The Hall–Kier alpha value is -2.66. The molecule has 0 aliphatic carbocycles. The Morgan fingerprint density at radius 2 is 1.96 bits per heavy atom. The van der Waals surface area contributed by atoms with Crippen molar-refractivity contribution in [3.05, 3.63) is 66.0 Å². The molecule has 130 valence electrons. The number of hydrogen-bond acceptors (Lipinski definition) is 3. The Labute approximate surface area is 146 Å². The zero-order chi connectivity index (χ0) is 17.5. The number of carbonyl (C=O) groups excluding carboxylic acids is 1. The molecule has 2 aromatic carbocycles. The van der Waals surface area contributed by atoms with Crippen LogP contribution in [0.4, 0.5) is 10.1 Å². The smallest absolute Gasteiger partial charge is 0.248 e. The highest BCUT2D eigenvalue weighted by Gasteiger charge is 2.15. The average Bonchev–Trinajstić information content (AvgIpc) is 3.14. The van der Waals surface area contributed by atoms with Crippen molar-refractivity contribution in [2.24, 2.45) is 0 Å². The molecule has 1 fully saturated rings. The quantitative estimate of drug-likeness (QED) is 0.807. The van der Waals surface area contributed by atoms with Gasteiger partial charge in [-0.3, -0.25) is 4.79 Å². The molecular weight excluding hydrogens is 321 g/mol. The van der Waals surface area contributed by atoms with E-state index >= 15 is 0 Å². The largest absolute Gasteiger partial charge is 0.491 e. The second-order valence-electron chi connectivity index (χ2n) is 5.84.